The fourth-order valence-electron chi connectivity index (χ4n) is 4.03. The molecule has 0 spiro atoms. The molecule has 2 N–H and O–H groups in total. The average Bonchev–Trinajstić information content (AvgIpc) is 2.97. The summed E-state index contributed by atoms with van der Waals surface area (Å²) in [4.78, 5) is 37.2. The number of carbonyl (C=O) groups is 3. The summed E-state index contributed by atoms with van der Waals surface area (Å²) in [6, 6.07) is 4.86. The van der Waals surface area contributed by atoms with Gasteiger partial charge in [-0.25, -0.2) is 0 Å². The van der Waals surface area contributed by atoms with Crippen molar-refractivity contribution in [1.29, 1.82) is 0 Å². The minimum Gasteiger partial charge on any atom is -0.354 e. The zero-order valence-corrected chi connectivity index (χ0v) is 18.5. The van der Waals surface area contributed by atoms with Gasteiger partial charge in [0.1, 0.15) is 0 Å². The first-order valence-corrected chi connectivity index (χ1v) is 12.0. The Morgan fingerprint density at radius 3 is 2.52 bits per heavy atom. The molecule has 158 valence electrons. The summed E-state index contributed by atoms with van der Waals surface area (Å²) < 4.78 is 0. The summed E-state index contributed by atoms with van der Waals surface area (Å²) in [5.74, 6) is -0.756. The van der Waals surface area contributed by atoms with Gasteiger partial charge in [0.05, 0.1) is 6.04 Å². The van der Waals surface area contributed by atoms with E-state index in [4.69, 9.17) is 23.2 Å². The Morgan fingerprint density at radius 2 is 1.83 bits per heavy atom. The minimum atomic E-state index is -1.22. The van der Waals surface area contributed by atoms with Gasteiger partial charge in [0.2, 0.25) is 11.8 Å². The van der Waals surface area contributed by atoms with E-state index in [1.807, 2.05) is 0 Å². The van der Waals surface area contributed by atoms with E-state index in [9.17, 15) is 14.4 Å². The van der Waals surface area contributed by atoms with E-state index in [1.165, 1.54) is 19.3 Å². The second kappa shape index (κ2) is 10.7. The molecule has 8 heteroatoms. The number of rotatable bonds is 8. The number of ketones is 1. The van der Waals surface area contributed by atoms with Crippen LogP contribution in [0.15, 0.2) is 18.2 Å². The molecule has 2 fully saturated rings. The molecule has 1 aromatic carbocycles. The standard InChI is InChI=1S/C21H26Cl2N2O3S/c22-15-7-4-8-16(23)14(15)12-29-10-9-24-20(27)18-19(26)17(25-21(18)28)11-13-5-2-1-3-6-13/h4,7-8,13,17-18H,1-3,5-6,9-12H2,(H,24,27)(H,25,28). The maximum absolute atomic E-state index is 12.6. The first-order chi connectivity index (χ1) is 14.0. The van der Waals surface area contributed by atoms with Crippen molar-refractivity contribution in [1.82, 2.24) is 10.6 Å². The third kappa shape index (κ3) is 5.89. The van der Waals surface area contributed by atoms with Gasteiger partial charge in [-0.2, -0.15) is 11.8 Å². The van der Waals surface area contributed by atoms with E-state index in [1.54, 1.807) is 30.0 Å². The molecule has 0 aromatic heterocycles. The van der Waals surface area contributed by atoms with Crippen molar-refractivity contribution in [2.75, 3.05) is 12.3 Å². The lowest BCUT2D eigenvalue weighted by Gasteiger charge is -2.23. The Morgan fingerprint density at radius 1 is 1.14 bits per heavy atom. The zero-order chi connectivity index (χ0) is 20.8. The monoisotopic (exact) mass is 456 g/mol. The van der Waals surface area contributed by atoms with E-state index in [0.717, 1.165) is 18.4 Å². The summed E-state index contributed by atoms with van der Waals surface area (Å²) in [6.07, 6.45) is 6.46. The van der Waals surface area contributed by atoms with Gasteiger partial charge in [-0.3, -0.25) is 14.4 Å². The largest absolute Gasteiger partial charge is 0.354 e. The van der Waals surface area contributed by atoms with Crippen LogP contribution in [0.5, 0.6) is 0 Å². The molecule has 5 nitrogen and oxygen atoms in total. The van der Waals surface area contributed by atoms with Crippen molar-refractivity contribution in [3.63, 3.8) is 0 Å². The highest BCUT2D eigenvalue weighted by Gasteiger charge is 2.45. The summed E-state index contributed by atoms with van der Waals surface area (Å²) >= 11 is 13.9. The van der Waals surface area contributed by atoms with E-state index in [2.05, 4.69) is 10.6 Å². The number of hydrogen-bond acceptors (Lipinski definition) is 4. The Hall–Kier alpha value is -1.24. The second-order valence-corrected chi connectivity index (χ2v) is 9.60. The number of hydrogen-bond donors (Lipinski definition) is 2. The van der Waals surface area contributed by atoms with Crippen LogP contribution in [0.2, 0.25) is 10.0 Å². The van der Waals surface area contributed by atoms with Crippen LogP contribution >= 0.6 is 35.0 Å². The molecule has 2 amide bonds. The summed E-state index contributed by atoms with van der Waals surface area (Å²) in [7, 11) is 0. The first kappa shape index (κ1) is 22.4. The molecule has 1 heterocycles. The molecule has 29 heavy (non-hydrogen) atoms. The van der Waals surface area contributed by atoms with Crippen molar-refractivity contribution in [3.8, 4) is 0 Å². The Balaban J connectivity index is 1.41. The molecule has 1 saturated heterocycles. The smallest absolute Gasteiger partial charge is 0.240 e. The van der Waals surface area contributed by atoms with Crippen molar-refractivity contribution < 1.29 is 14.4 Å². The predicted molar refractivity (Wildman–Crippen MR) is 117 cm³/mol. The average molecular weight is 457 g/mol. The van der Waals surface area contributed by atoms with Crippen molar-refractivity contribution in [2.24, 2.45) is 11.8 Å². The number of Topliss-reactive ketones (excluding diaryl/α,β-unsaturated/α-hetero) is 1. The van der Waals surface area contributed by atoms with Gasteiger partial charge < -0.3 is 10.6 Å². The highest BCUT2D eigenvalue weighted by atomic mass is 35.5. The quantitative estimate of drug-likeness (QED) is 0.457. The van der Waals surface area contributed by atoms with Crippen LogP contribution in [-0.2, 0) is 20.1 Å². The molecule has 3 rings (SSSR count). The molecular formula is C21H26Cl2N2O3S. The lowest BCUT2D eigenvalue weighted by molar-refractivity contribution is -0.137. The third-order valence-corrected chi connectivity index (χ3v) is 7.31. The summed E-state index contributed by atoms with van der Waals surface area (Å²) in [5.41, 5.74) is 0.864. The van der Waals surface area contributed by atoms with Gasteiger partial charge in [0, 0.05) is 28.1 Å². The van der Waals surface area contributed by atoms with E-state index < -0.39 is 23.8 Å². The van der Waals surface area contributed by atoms with Crippen LogP contribution in [0, 0.1) is 11.8 Å². The number of benzene rings is 1. The Labute approximate surface area is 185 Å². The van der Waals surface area contributed by atoms with Gasteiger partial charge in [-0.1, -0.05) is 61.4 Å². The van der Waals surface area contributed by atoms with Gasteiger partial charge in [0.25, 0.3) is 0 Å². The molecule has 1 aliphatic heterocycles. The second-order valence-electron chi connectivity index (χ2n) is 7.68. The van der Waals surface area contributed by atoms with Crippen LogP contribution in [0.3, 0.4) is 0 Å². The molecule has 0 bridgehead atoms. The van der Waals surface area contributed by atoms with E-state index in [-0.39, 0.29) is 5.78 Å². The summed E-state index contributed by atoms with van der Waals surface area (Å²) in [5, 5.41) is 6.69. The van der Waals surface area contributed by atoms with Gasteiger partial charge >= 0.3 is 0 Å². The fourth-order valence-corrected chi connectivity index (χ4v) is 5.62. The van der Waals surface area contributed by atoms with Gasteiger partial charge in [-0.15, -0.1) is 0 Å². The molecule has 1 aliphatic carbocycles. The van der Waals surface area contributed by atoms with Crippen molar-refractivity contribution in [3.05, 3.63) is 33.8 Å². The van der Waals surface area contributed by atoms with Crippen LogP contribution in [0.4, 0.5) is 0 Å². The topological polar surface area (TPSA) is 75.3 Å². The van der Waals surface area contributed by atoms with Crippen LogP contribution in [-0.4, -0.2) is 35.9 Å². The normalized spacial score (nSPS) is 22.6. The number of carbonyl (C=O) groups excluding carboxylic acids is 3. The lowest BCUT2D eigenvalue weighted by Crippen LogP contribution is -2.39. The Kier molecular flexibility index (Phi) is 8.27. The predicted octanol–water partition coefficient (Wildman–Crippen LogP) is 4.00. The summed E-state index contributed by atoms with van der Waals surface area (Å²) in [6.45, 7) is 0.371. The third-order valence-electron chi connectivity index (χ3n) is 5.62. The molecule has 1 aromatic rings. The highest BCUT2D eigenvalue weighted by Crippen LogP contribution is 2.30. The molecule has 2 aliphatic rings. The van der Waals surface area contributed by atoms with Crippen LogP contribution < -0.4 is 10.6 Å². The van der Waals surface area contributed by atoms with Crippen molar-refractivity contribution >= 4 is 52.6 Å². The van der Waals surface area contributed by atoms with Crippen LogP contribution in [0.25, 0.3) is 0 Å². The fraction of sp³-hybridized carbons (Fsp3) is 0.571. The highest BCUT2D eigenvalue weighted by molar-refractivity contribution is 7.98. The number of nitrogens with one attached hydrogen (secondary N) is 2. The van der Waals surface area contributed by atoms with Crippen molar-refractivity contribution in [2.45, 2.75) is 50.3 Å². The van der Waals surface area contributed by atoms with Gasteiger partial charge in [-0.05, 0) is 30.0 Å². The van der Waals surface area contributed by atoms with Crippen LogP contribution in [0.1, 0.15) is 44.1 Å². The minimum absolute atomic E-state index is 0.284. The molecule has 2 unspecified atom stereocenters. The van der Waals surface area contributed by atoms with E-state index >= 15 is 0 Å². The first-order valence-electron chi connectivity index (χ1n) is 10.1. The van der Waals surface area contributed by atoms with Gasteiger partial charge in [0.15, 0.2) is 11.7 Å². The molecule has 2 atom stereocenters. The number of halogens is 2. The maximum atomic E-state index is 12.6. The maximum Gasteiger partial charge on any atom is 0.240 e. The molecule has 1 saturated carbocycles. The lowest BCUT2D eigenvalue weighted by atomic mass is 9.83. The molecular weight excluding hydrogens is 431 g/mol. The van der Waals surface area contributed by atoms with E-state index in [0.29, 0.717) is 40.4 Å². The Bertz CT molecular complexity index is 748. The zero-order valence-electron chi connectivity index (χ0n) is 16.2. The SMILES string of the molecule is O=C(NCCSCc1c(Cl)cccc1Cl)C1C(=O)NC(CC2CCCCC2)C1=O. The number of thioether (sulfide) groups is 1. The number of amides is 2. The molecule has 0 radical (unpaired) electrons.